The highest BCUT2D eigenvalue weighted by Gasteiger charge is 2.22. The van der Waals surface area contributed by atoms with E-state index in [-0.39, 0.29) is 6.04 Å². The van der Waals surface area contributed by atoms with Gasteiger partial charge in [-0.3, -0.25) is 11.3 Å². The lowest BCUT2D eigenvalue weighted by molar-refractivity contribution is 0.261. The van der Waals surface area contributed by atoms with Gasteiger partial charge in [0.25, 0.3) is 0 Å². The van der Waals surface area contributed by atoms with Crippen molar-refractivity contribution in [2.24, 2.45) is 11.8 Å². The van der Waals surface area contributed by atoms with Crippen LogP contribution in [0.2, 0.25) is 0 Å². The van der Waals surface area contributed by atoms with E-state index in [9.17, 15) is 0 Å². The Morgan fingerprint density at radius 1 is 1.47 bits per heavy atom. The molecule has 94 valence electrons. The smallest absolute Gasteiger partial charge is 0.122 e. The number of nitrogens with one attached hydrogen (secondary N) is 1. The quantitative estimate of drug-likeness (QED) is 0.608. The maximum atomic E-state index is 5.67. The highest BCUT2D eigenvalue weighted by Crippen LogP contribution is 2.35. The van der Waals surface area contributed by atoms with Crippen LogP contribution in [0, 0.1) is 12.8 Å². The first-order valence-corrected chi connectivity index (χ1v) is 6.35. The molecule has 17 heavy (non-hydrogen) atoms. The number of aryl methyl sites for hydroxylation is 1. The zero-order chi connectivity index (χ0) is 12.3. The Morgan fingerprint density at radius 3 is 2.76 bits per heavy atom. The van der Waals surface area contributed by atoms with Crippen LogP contribution in [-0.2, 0) is 0 Å². The normalized spacial score (nSPS) is 17.6. The lowest BCUT2D eigenvalue weighted by atomic mass is 9.79. The maximum absolute atomic E-state index is 5.67. The second kappa shape index (κ2) is 5.52. The van der Waals surface area contributed by atoms with Crippen LogP contribution in [0.15, 0.2) is 18.2 Å². The zero-order valence-corrected chi connectivity index (χ0v) is 10.7. The van der Waals surface area contributed by atoms with Crippen molar-refractivity contribution in [1.29, 1.82) is 0 Å². The molecule has 0 radical (unpaired) electrons. The maximum Gasteiger partial charge on any atom is 0.122 e. The van der Waals surface area contributed by atoms with Crippen molar-refractivity contribution in [3.63, 3.8) is 0 Å². The molecule has 0 heterocycles. The van der Waals surface area contributed by atoms with Crippen molar-refractivity contribution in [1.82, 2.24) is 5.43 Å². The number of ether oxygens (including phenoxy) is 1. The standard InChI is InChI=1S/C14H22N2O/c1-10-6-7-12(9-14(10)17-2)13(16-15)8-11-4-3-5-11/h6-7,9,11,13,16H,3-5,8,15H2,1-2H3. The van der Waals surface area contributed by atoms with Crippen LogP contribution >= 0.6 is 0 Å². The van der Waals surface area contributed by atoms with E-state index in [4.69, 9.17) is 10.6 Å². The van der Waals surface area contributed by atoms with E-state index >= 15 is 0 Å². The number of nitrogens with two attached hydrogens (primary N) is 1. The van der Waals surface area contributed by atoms with Crippen LogP contribution in [-0.4, -0.2) is 7.11 Å². The molecule has 1 aliphatic carbocycles. The number of rotatable bonds is 5. The molecule has 3 nitrogen and oxygen atoms in total. The summed E-state index contributed by atoms with van der Waals surface area (Å²) in [5.41, 5.74) is 5.32. The molecule has 0 saturated heterocycles. The highest BCUT2D eigenvalue weighted by atomic mass is 16.5. The van der Waals surface area contributed by atoms with E-state index in [0.717, 1.165) is 23.7 Å². The van der Waals surface area contributed by atoms with Gasteiger partial charge in [-0.1, -0.05) is 31.4 Å². The molecule has 1 aliphatic rings. The van der Waals surface area contributed by atoms with Gasteiger partial charge < -0.3 is 4.74 Å². The first kappa shape index (κ1) is 12.4. The Morgan fingerprint density at radius 2 is 2.24 bits per heavy atom. The molecule has 0 amide bonds. The third-order valence-electron chi connectivity index (χ3n) is 3.83. The van der Waals surface area contributed by atoms with Gasteiger partial charge in [0.2, 0.25) is 0 Å². The summed E-state index contributed by atoms with van der Waals surface area (Å²) in [7, 11) is 1.71. The summed E-state index contributed by atoms with van der Waals surface area (Å²) in [4.78, 5) is 0. The molecule has 1 fully saturated rings. The van der Waals surface area contributed by atoms with E-state index in [1.54, 1.807) is 7.11 Å². The van der Waals surface area contributed by atoms with Gasteiger partial charge in [0.1, 0.15) is 5.75 Å². The first-order valence-electron chi connectivity index (χ1n) is 6.35. The number of benzene rings is 1. The van der Waals surface area contributed by atoms with Gasteiger partial charge in [-0.15, -0.1) is 0 Å². The number of hydrogen-bond donors (Lipinski definition) is 2. The Kier molecular flexibility index (Phi) is 4.02. The fourth-order valence-electron chi connectivity index (χ4n) is 2.42. The highest BCUT2D eigenvalue weighted by molar-refractivity contribution is 5.37. The number of hydrogen-bond acceptors (Lipinski definition) is 3. The Hall–Kier alpha value is -1.06. The van der Waals surface area contributed by atoms with Gasteiger partial charge in [-0.25, -0.2) is 0 Å². The van der Waals surface area contributed by atoms with Crippen molar-refractivity contribution in [3.05, 3.63) is 29.3 Å². The van der Waals surface area contributed by atoms with Crippen LogP contribution in [0.25, 0.3) is 0 Å². The molecule has 0 aromatic heterocycles. The van der Waals surface area contributed by atoms with Gasteiger partial charge in [-0.2, -0.15) is 0 Å². The average Bonchev–Trinajstić information content (AvgIpc) is 2.29. The van der Waals surface area contributed by atoms with E-state index < -0.39 is 0 Å². The molecule has 0 aliphatic heterocycles. The Labute approximate surface area is 103 Å². The molecule has 0 bridgehead atoms. The minimum Gasteiger partial charge on any atom is -0.496 e. The lowest BCUT2D eigenvalue weighted by Crippen LogP contribution is -2.31. The van der Waals surface area contributed by atoms with Gasteiger partial charge >= 0.3 is 0 Å². The second-order valence-electron chi connectivity index (χ2n) is 4.98. The first-order chi connectivity index (χ1) is 8.24. The molecule has 3 heteroatoms. The van der Waals surface area contributed by atoms with Gasteiger partial charge in [-0.05, 0) is 36.5 Å². The number of methoxy groups -OCH3 is 1. The van der Waals surface area contributed by atoms with Crippen molar-refractivity contribution in [3.8, 4) is 5.75 Å². The fourth-order valence-corrected chi connectivity index (χ4v) is 2.42. The zero-order valence-electron chi connectivity index (χ0n) is 10.7. The van der Waals surface area contributed by atoms with Crippen LogP contribution in [0.3, 0.4) is 0 Å². The van der Waals surface area contributed by atoms with Crippen LogP contribution in [0.1, 0.15) is 42.9 Å². The Bertz CT molecular complexity index is 374. The summed E-state index contributed by atoms with van der Waals surface area (Å²) >= 11 is 0. The summed E-state index contributed by atoms with van der Waals surface area (Å²) in [6.45, 7) is 2.05. The number of hydrazine groups is 1. The molecular weight excluding hydrogens is 212 g/mol. The van der Waals surface area contributed by atoms with Crippen LogP contribution in [0.4, 0.5) is 0 Å². The van der Waals surface area contributed by atoms with Crippen molar-refractivity contribution in [2.45, 2.75) is 38.6 Å². The van der Waals surface area contributed by atoms with Gasteiger partial charge in [0.05, 0.1) is 7.11 Å². The minimum atomic E-state index is 0.245. The molecule has 1 aromatic carbocycles. The minimum absolute atomic E-state index is 0.245. The molecule has 1 atom stereocenters. The Balaban J connectivity index is 2.11. The van der Waals surface area contributed by atoms with E-state index in [1.807, 2.05) is 0 Å². The molecule has 3 N–H and O–H groups in total. The summed E-state index contributed by atoms with van der Waals surface area (Å²) in [5.74, 6) is 7.45. The largest absolute Gasteiger partial charge is 0.496 e. The van der Waals surface area contributed by atoms with E-state index in [1.165, 1.54) is 24.8 Å². The topological polar surface area (TPSA) is 47.3 Å². The average molecular weight is 234 g/mol. The third-order valence-corrected chi connectivity index (χ3v) is 3.83. The monoisotopic (exact) mass is 234 g/mol. The third kappa shape index (κ3) is 2.79. The van der Waals surface area contributed by atoms with Crippen LogP contribution < -0.4 is 16.0 Å². The molecule has 1 aromatic rings. The molecule has 0 spiro atoms. The molecular formula is C14H22N2O. The summed E-state index contributed by atoms with van der Waals surface area (Å²) < 4.78 is 5.36. The van der Waals surface area contributed by atoms with Crippen molar-refractivity contribution in [2.75, 3.05) is 7.11 Å². The van der Waals surface area contributed by atoms with E-state index in [2.05, 4.69) is 30.5 Å². The van der Waals surface area contributed by atoms with Crippen LogP contribution in [0.5, 0.6) is 5.75 Å². The van der Waals surface area contributed by atoms with Gasteiger partial charge in [0, 0.05) is 6.04 Å². The molecule has 1 saturated carbocycles. The fraction of sp³-hybridized carbons (Fsp3) is 0.571. The molecule has 1 unspecified atom stereocenters. The SMILES string of the molecule is COc1cc(C(CC2CCC2)NN)ccc1C. The van der Waals surface area contributed by atoms with Crippen molar-refractivity contribution < 1.29 is 4.74 Å². The predicted octanol–water partition coefficient (Wildman–Crippen LogP) is 2.70. The van der Waals surface area contributed by atoms with Gasteiger partial charge in [0.15, 0.2) is 0 Å². The summed E-state index contributed by atoms with van der Waals surface area (Å²) in [6, 6.07) is 6.58. The predicted molar refractivity (Wildman–Crippen MR) is 69.8 cm³/mol. The lowest BCUT2D eigenvalue weighted by Gasteiger charge is -2.29. The summed E-state index contributed by atoms with van der Waals surface area (Å²) in [5, 5.41) is 0. The second-order valence-corrected chi connectivity index (χ2v) is 4.98. The summed E-state index contributed by atoms with van der Waals surface area (Å²) in [6.07, 6.45) is 5.20. The molecule has 2 rings (SSSR count). The van der Waals surface area contributed by atoms with Crippen molar-refractivity contribution >= 4 is 0 Å². The van der Waals surface area contributed by atoms with E-state index in [0.29, 0.717) is 0 Å².